The first-order valence-corrected chi connectivity index (χ1v) is 13.0. The lowest BCUT2D eigenvalue weighted by molar-refractivity contribution is 0.0523. The molecule has 0 bridgehead atoms. The van der Waals surface area contributed by atoms with Crippen LogP contribution in [0.3, 0.4) is 0 Å². The number of carbonyl (C=O) groups is 1. The van der Waals surface area contributed by atoms with Crippen molar-refractivity contribution in [3.8, 4) is 0 Å². The van der Waals surface area contributed by atoms with E-state index in [1.54, 1.807) is 0 Å². The summed E-state index contributed by atoms with van der Waals surface area (Å²) in [6.45, 7) is 17.4. The molecule has 1 amide bonds. The standard InChI is InChI=1S/C26H43N7O2/c1-7-17-20(14-31-23-27-10-11-28-23)18(8-2)22(16-33-25(34)35-26(4,5)6)19(9-3)21(17)15-32-24-29-12-13-30-24/h7-16H2,1-6H3,(H,33,34)(H2,27,28,31)(H2,29,30,32). The Hall–Kier alpha value is -2.97. The number of ether oxygens (including phenoxy) is 1. The summed E-state index contributed by atoms with van der Waals surface area (Å²) in [5.41, 5.74) is 7.18. The third-order valence-corrected chi connectivity index (χ3v) is 6.27. The van der Waals surface area contributed by atoms with Gasteiger partial charge in [-0.3, -0.25) is 9.98 Å². The van der Waals surface area contributed by atoms with Crippen LogP contribution in [0, 0.1) is 0 Å². The number of amides is 1. The number of aliphatic imine (C=N–C) groups is 2. The molecule has 0 saturated heterocycles. The van der Waals surface area contributed by atoms with Crippen LogP contribution in [0.15, 0.2) is 9.98 Å². The van der Waals surface area contributed by atoms with Crippen molar-refractivity contribution in [1.82, 2.24) is 26.6 Å². The SMILES string of the molecule is CCc1c(CNC(=O)OC(C)(C)C)c(CC)c(CNC2=NCCN2)c(CC)c1CNC1=NCCN1. The van der Waals surface area contributed by atoms with Gasteiger partial charge in [-0.1, -0.05) is 20.8 Å². The van der Waals surface area contributed by atoms with E-state index in [1.165, 1.54) is 33.4 Å². The Morgan fingerprint density at radius 1 is 0.771 bits per heavy atom. The zero-order valence-corrected chi connectivity index (χ0v) is 22.3. The molecule has 194 valence electrons. The van der Waals surface area contributed by atoms with Crippen molar-refractivity contribution in [3.05, 3.63) is 33.4 Å². The number of alkyl carbamates (subject to hydrolysis) is 1. The number of benzene rings is 1. The molecule has 0 atom stereocenters. The van der Waals surface area contributed by atoms with E-state index in [0.29, 0.717) is 19.6 Å². The van der Waals surface area contributed by atoms with E-state index in [2.05, 4.69) is 57.3 Å². The van der Waals surface area contributed by atoms with Gasteiger partial charge < -0.3 is 31.3 Å². The van der Waals surface area contributed by atoms with Crippen molar-refractivity contribution in [2.24, 2.45) is 9.98 Å². The molecule has 0 spiro atoms. The third kappa shape index (κ3) is 7.02. The summed E-state index contributed by atoms with van der Waals surface area (Å²) < 4.78 is 5.52. The smallest absolute Gasteiger partial charge is 0.407 e. The van der Waals surface area contributed by atoms with E-state index in [9.17, 15) is 4.79 Å². The van der Waals surface area contributed by atoms with Crippen LogP contribution < -0.4 is 26.6 Å². The minimum atomic E-state index is -0.536. The Balaban J connectivity index is 2.00. The highest BCUT2D eigenvalue weighted by atomic mass is 16.6. The molecule has 9 heteroatoms. The molecule has 0 radical (unpaired) electrons. The largest absolute Gasteiger partial charge is 0.444 e. The second kappa shape index (κ2) is 12.1. The number of guanidine groups is 2. The number of hydrogen-bond donors (Lipinski definition) is 5. The molecule has 9 nitrogen and oxygen atoms in total. The minimum Gasteiger partial charge on any atom is -0.444 e. The Bertz CT molecular complexity index is 906. The molecular formula is C26H43N7O2. The maximum atomic E-state index is 12.5. The van der Waals surface area contributed by atoms with E-state index >= 15 is 0 Å². The Kier molecular flexibility index (Phi) is 9.23. The Morgan fingerprint density at radius 3 is 1.54 bits per heavy atom. The number of carbonyl (C=O) groups excluding carboxylic acids is 1. The molecule has 0 aromatic heterocycles. The summed E-state index contributed by atoms with van der Waals surface area (Å²) in [5.74, 6) is 1.71. The molecule has 1 aromatic carbocycles. The third-order valence-electron chi connectivity index (χ3n) is 6.27. The van der Waals surface area contributed by atoms with Gasteiger partial charge in [0.05, 0.1) is 13.1 Å². The van der Waals surface area contributed by atoms with Crippen LogP contribution in [-0.4, -0.2) is 49.8 Å². The predicted octanol–water partition coefficient (Wildman–Crippen LogP) is 2.50. The van der Waals surface area contributed by atoms with Gasteiger partial charge in [0.15, 0.2) is 11.9 Å². The summed E-state index contributed by atoms with van der Waals surface area (Å²) >= 11 is 0. The van der Waals surface area contributed by atoms with E-state index < -0.39 is 11.7 Å². The van der Waals surface area contributed by atoms with Gasteiger partial charge >= 0.3 is 6.09 Å². The maximum absolute atomic E-state index is 12.5. The Morgan fingerprint density at radius 2 is 1.20 bits per heavy atom. The second-order valence-corrected chi connectivity index (χ2v) is 9.81. The van der Waals surface area contributed by atoms with Crippen molar-refractivity contribution < 1.29 is 9.53 Å². The van der Waals surface area contributed by atoms with Crippen LogP contribution in [0.25, 0.3) is 0 Å². The molecule has 35 heavy (non-hydrogen) atoms. The lowest BCUT2D eigenvalue weighted by atomic mass is 9.83. The highest BCUT2D eigenvalue weighted by Gasteiger charge is 2.23. The average molecular weight is 486 g/mol. The lowest BCUT2D eigenvalue weighted by Crippen LogP contribution is -2.36. The summed E-state index contributed by atoms with van der Waals surface area (Å²) in [5, 5.41) is 16.6. The maximum Gasteiger partial charge on any atom is 0.407 e. The van der Waals surface area contributed by atoms with E-state index in [4.69, 9.17) is 4.74 Å². The first kappa shape index (κ1) is 26.6. The van der Waals surface area contributed by atoms with Gasteiger partial charge in [0.2, 0.25) is 0 Å². The van der Waals surface area contributed by atoms with Gasteiger partial charge in [0, 0.05) is 32.7 Å². The van der Waals surface area contributed by atoms with Crippen molar-refractivity contribution in [2.75, 3.05) is 26.2 Å². The first-order chi connectivity index (χ1) is 16.8. The van der Waals surface area contributed by atoms with Gasteiger partial charge in [0.25, 0.3) is 0 Å². The van der Waals surface area contributed by atoms with Crippen LogP contribution in [0.5, 0.6) is 0 Å². The normalized spacial score (nSPS) is 15.1. The topological polar surface area (TPSA) is 111 Å². The molecular weight excluding hydrogens is 442 g/mol. The number of nitrogens with zero attached hydrogens (tertiary/aromatic N) is 2. The Labute approximate surface area is 210 Å². The molecule has 5 N–H and O–H groups in total. The van der Waals surface area contributed by atoms with Crippen LogP contribution in [0.2, 0.25) is 0 Å². The van der Waals surface area contributed by atoms with Gasteiger partial charge in [-0.2, -0.15) is 0 Å². The summed E-state index contributed by atoms with van der Waals surface area (Å²) in [6, 6.07) is 0. The van der Waals surface area contributed by atoms with Gasteiger partial charge in [0.1, 0.15) is 5.60 Å². The van der Waals surface area contributed by atoms with Crippen molar-refractivity contribution >= 4 is 18.0 Å². The van der Waals surface area contributed by atoms with Crippen LogP contribution in [0.1, 0.15) is 74.9 Å². The van der Waals surface area contributed by atoms with Crippen LogP contribution in [0.4, 0.5) is 4.79 Å². The zero-order chi connectivity index (χ0) is 25.4. The molecule has 2 aliphatic rings. The van der Waals surface area contributed by atoms with E-state index in [-0.39, 0.29) is 0 Å². The van der Waals surface area contributed by atoms with Gasteiger partial charge in [-0.15, -0.1) is 0 Å². The summed E-state index contributed by atoms with van der Waals surface area (Å²) in [4.78, 5) is 21.5. The molecule has 0 fully saturated rings. The molecule has 3 rings (SSSR count). The average Bonchev–Trinajstić information content (AvgIpc) is 3.52. The number of rotatable bonds is 9. The fourth-order valence-electron chi connectivity index (χ4n) is 4.86. The molecule has 0 aliphatic carbocycles. The highest BCUT2D eigenvalue weighted by Crippen LogP contribution is 2.31. The number of hydrogen-bond acceptors (Lipinski definition) is 8. The zero-order valence-electron chi connectivity index (χ0n) is 22.3. The minimum absolute atomic E-state index is 0.394. The highest BCUT2D eigenvalue weighted by molar-refractivity contribution is 5.82. The monoisotopic (exact) mass is 485 g/mol. The summed E-state index contributed by atoms with van der Waals surface area (Å²) in [6.07, 6.45) is 2.29. The van der Waals surface area contributed by atoms with E-state index in [0.717, 1.165) is 57.4 Å². The molecule has 2 heterocycles. The van der Waals surface area contributed by atoms with Crippen molar-refractivity contribution in [3.63, 3.8) is 0 Å². The fourth-order valence-corrected chi connectivity index (χ4v) is 4.86. The summed E-state index contributed by atoms with van der Waals surface area (Å²) in [7, 11) is 0. The molecule has 2 aliphatic heterocycles. The van der Waals surface area contributed by atoms with Crippen LogP contribution in [-0.2, 0) is 43.6 Å². The quantitative estimate of drug-likeness (QED) is 0.368. The van der Waals surface area contributed by atoms with Crippen molar-refractivity contribution in [1.29, 1.82) is 0 Å². The fraction of sp³-hybridized carbons (Fsp3) is 0.654. The van der Waals surface area contributed by atoms with Crippen molar-refractivity contribution in [2.45, 2.75) is 86.0 Å². The van der Waals surface area contributed by atoms with E-state index in [1.807, 2.05) is 20.8 Å². The second-order valence-electron chi connectivity index (χ2n) is 9.81. The molecule has 0 saturated carbocycles. The van der Waals surface area contributed by atoms with Crippen LogP contribution >= 0.6 is 0 Å². The predicted molar refractivity (Wildman–Crippen MR) is 142 cm³/mol. The van der Waals surface area contributed by atoms with Gasteiger partial charge in [-0.25, -0.2) is 4.79 Å². The molecule has 1 aromatic rings. The molecule has 0 unspecified atom stereocenters. The number of nitrogens with one attached hydrogen (secondary N) is 5. The lowest BCUT2D eigenvalue weighted by Gasteiger charge is -2.27. The van der Waals surface area contributed by atoms with Gasteiger partial charge in [-0.05, 0) is 73.4 Å². The first-order valence-electron chi connectivity index (χ1n) is 13.0.